The second-order valence-corrected chi connectivity index (χ2v) is 9.13. The van der Waals surface area contributed by atoms with Crippen molar-refractivity contribution in [3.63, 3.8) is 0 Å². The molecule has 6 nitrogen and oxygen atoms in total. The van der Waals surface area contributed by atoms with Crippen LogP contribution in [0.4, 0.5) is 5.00 Å². The van der Waals surface area contributed by atoms with E-state index in [9.17, 15) is 14.7 Å². The minimum atomic E-state index is -0.372. The maximum Gasteiger partial charge on any atom is 0.239 e. The van der Waals surface area contributed by atoms with Crippen molar-refractivity contribution >= 4 is 28.0 Å². The number of hydrogen-bond acceptors (Lipinski definition) is 6. The number of rotatable bonds is 6. The fourth-order valence-electron chi connectivity index (χ4n) is 4.41. The number of aliphatic hydroxyl groups excluding tert-OH is 1. The molecule has 1 aromatic carbocycles. The van der Waals surface area contributed by atoms with E-state index in [4.69, 9.17) is 4.74 Å². The molecule has 2 heterocycles. The summed E-state index contributed by atoms with van der Waals surface area (Å²) in [6, 6.07) is 7.23. The number of hydrogen-bond donors (Lipinski definition) is 2. The first-order valence-electron chi connectivity index (χ1n) is 10.6. The van der Waals surface area contributed by atoms with Crippen molar-refractivity contribution in [2.24, 2.45) is 0 Å². The van der Waals surface area contributed by atoms with Crippen LogP contribution in [0.15, 0.2) is 24.3 Å². The van der Waals surface area contributed by atoms with Crippen LogP contribution in [0.25, 0.3) is 0 Å². The van der Waals surface area contributed by atoms with E-state index in [1.54, 1.807) is 19.2 Å². The third kappa shape index (κ3) is 4.43. The van der Waals surface area contributed by atoms with Crippen LogP contribution in [0, 0.1) is 0 Å². The number of thiophene rings is 1. The lowest BCUT2D eigenvalue weighted by Crippen LogP contribution is -2.42. The molecule has 2 N–H and O–H groups in total. The Balaban J connectivity index is 1.61. The highest BCUT2D eigenvalue weighted by molar-refractivity contribution is 7.17. The van der Waals surface area contributed by atoms with E-state index in [1.165, 1.54) is 16.2 Å². The van der Waals surface area contributed by atoms with Gasteiger partial charge in [-0.1, -0.05) is 12.1 Å². The number of aryl methyl sites for hydroxylation is 1. The number of piperidine rings is 1. The van der Waals surface area contributed by atoms with Gasteiger partial charge in [0.2, 0.25) is 5.91 Å². The van der Waals surface area contributed by atoms with E-state index in [-0.39, 0.29) is 24.3 Å². The number of carbonyl (C=O) groups is 2. The maximum absolute atomic E-state index is 13.5. The van der Waals surface area contributed by atoms with Gasteiger partial charge < -0.3 is 15.2 Å². The maximum atomic E-state index is 13.5. The molecule has 1 fully saturated rings. The van der Waals surface area contributed by atoms with Crippen LogP contribution in [0.1, 0.15) is 52.0 Å². The molecule has 2 aliphatic rings. The molecule has 1 aromatic heterocycles. The Morgan fingerprint density at radius 2 is 2.03 bits per heavy atom. The lowest BCUT2D eigenvalue weighted by Gasteiger charge is -2.29. The van der Waals surface area contributed by atoms with Crippen LogP contribution < -0.4 is 10.1 Å². The molecule has 1 aliphatic heterocycles. The molecule has 1 amide bonds. The number of aliphatic hydroxyl groups is 1. The first kappa shape index (κ1) is 21.0. The number of fused-ring (bicyclic) bond motifs is 1. The number of likely N-dealkylation sites (tertiary alicyclic amines) is 1. The Kier molecular flexibility index (Phi) is 6.51. The number of nitrogens with one attached hydrogen (secondary N) is 1. The van der Waals surface area contributed by atoms with Crippen LogP contribution in [0.3, 0.4) is 0 Å². The highest BCUT2D eigenvalue weighted by atomic mass is 32.1. The first-order chi connectivity index (χ1) is 14.6. The molecule has 1 saturated heterocycles. The fraction of sp³-hybridized carbons (Fsp3) is 0.478. The van der Waals surface area contributed by atoms with E-state index >= 15 is 0 Å². The minimum absolute atomic E-state index is 0.101. The second-order valence-electron chi connectivity index (χ2n) is 8.02. The summed E-state index contributed by atoms with van der Waals surface area (Å²) in [5.74, 6) is 0.296. The van der Waals surface area contributed by atoms with E-state index < -0.39 is 0 Å². The molecule has 0 spiro atoms. The number of anilines is 1. The SMILES string of the molecule is COc1ccccc1C(=O)c1c(NC(=O)CN2CCCC(O)C2)sc2c1CCCC2. The average molecular weight is 429 g/mol. The van der Waals surface area contributed by atoms with Gasteiger partial charge in [-0.15, -0.1) is 11.3 Å². The number of carbonyl (C=O) groups excluding carboxylic acids is 2. The molecule has 2 aromatic rings. The Labute approximate surface area is 180 Å². The topological polar surface area (TPSA) is 78.9 Å². The number of ketones is 1. The third-order valence-electron chi connectivity index (χ3n) is 5.85. The standard InChI is InChI=1S/C23H28N2O4S/c1-29-18-10-4-2-8-16(18)22(28)21-17-9-3-5-11-19(17)30-23(21)24-20(27)14-25-12-6-7-15(26)13-25/h2,4,8,10,15,26H,3,5-7,9,11-14H2,1H3,(H,24,27). The predicted octanol–water partition coefficient (Wildman–Crippen LogP) is 3.26. The Bertz CT molecular complexity index is 939. The van der Waals surface area contributed by atoms with Gasteiger partial charge in [-0.05, 0) is 62.8 Å². The zero-order valence-electron chi connectivity index (χ0n) is 17.3. The van der Waals surface area contributed by atoms with Gasteiger partial charge in [0.1, 0.15) is 10.8 Å². The van der Waals surface area contributed by atoms with Gasteiger partial charge in [-0.2, -0.15) is 0 Å². The average Bonchev–Trinajstić information content (AvgIpc) is 3.10. The largest absolute Gasteiger partial charge is 0.496 e. The lowest BCUT2D eigenvalue weighted by atomic mass is 9.91. The molecule has 30 heavy (non-hydrogen) atoms. The monoisotopic (exact) mass is 428 g/mol. The number of β-amino-alcohol motifs (C(OH)–C–C–N with tert-alkyl or cyclic N) is 1. The van der Waals surface area contributed by atoms with Crippen LogP contribution in [-0.2, 0) is 17.6 Å². The van der Waals surface area contributed by atoms with Crippen LogP contribution in [-0.4, -0.2) is 54.5 Å². The first-order valence-corrected chi connectivity index (χ1v) is 11.4. The summed E-state index contributed by atoms with van der Waals surface area (Å²) >= 11 is 1.53. The van der Waals surface area contributed by atoms with Crippen LogP contribution in [0.5, 0.6) is 5.75 Å². The lowest BCUT2D eigenvalue weighted by molar-refractivity contribution is -0.117. The zero-order valence-corrected chi connectivity index (χ0v) is 18.1. The van der Waals surface area contributed by atoms with Gasteiger partial charge in [-0.25, -0.2) is 0 Å². The molecule has 1 atom stereocenters. The highest BCUT2D eigenvalue weighted by Gasteiger charge is 2.29. The third-order valence-corrected chi connectivity index (χ3v) is 7.06. The van der Waals surface area contributed by atoms with E-state index in [1.807, 2.05) is 17.0 Å². The van der Waals surface area contributed by atoms with Crippen molar-refractivity contribution in [3.8, 4) is 5.75 Å². The summed E-state index contributed by atoms with van der Waals surface area (Å²) in [5.41, 5.74) is 2.21. The van der Waals surface area contributed by atoms with Crippen molar-refractivity contribution in [2.45, 2.75) is 44.6 Å². The molecule has 7 heteroatoms. The number of ether oxygens (including phenoxy) is 1. The number of benzene rings is 1. The highest BCUT2D eigenvalue weighted by Crippen LogP contribution is 2.40. The van der Waals surface area contributed by atoms with Crippen molar-refractivity contribution in [3.05, 3.63) is 45.8 Å². The van der Waals surface area contributed by atoms with Crippen LogP contribution in [0.2, 0.25) is 0 Å². The summed E-state index contributed by atoms with van der Waals surface area (Å²) in [4.78, 5) is 29.5. The molecule has 1 aliphatic carbocycles. The zero-order chi connectivity index (χ0) is 21.1. The Morgan fingerprint density at radius 1 is 1.23 bits per heavy atom. The van der Waals surface area contributed by atoms with Crippen LogP contribution >= 0.6 is 11.3 Å². The van der Waals surface area contributed by atoms with E-state index in [0.717, 1.165) is 50.6 Å². The normalized spacial score (nSPS) is 19.2. The number of amides is 1. The number of methoxy groups -OCH3 is 1. The molecule has 1 unspecified atom stereocenters. The Hall–Kier alpha value is -2.22. The van der Waals surface area contributed by atoms with Crippen molar-refractivity contribution < 1.29 is 19.4 Å². The Morgan fingerprint density at radius 3 is 2.83 bits per heavy atom. The summed E-state index contributed by atoms with van der Waals surface area (Å²) in [6.07, 6.45) is 5.26. The number of nitrogens with zero attached hydrogens (tertiary/aromatic N) is 1. The van der Waals surface area contributed by atoms with Gasteiger partial charge >= 0.3 is 0 Å². The van der Waals surface area contributed by atoms with Crippen molar-refractivity contribution in [1.29, 1.82) is 0 Å². The van der Waals surface area contributed by atoms with Gasteiger partial charge in [-0.3, -0.25) is 14.5 Å². The minimum Gasteiger partial charge on any atom is -0.496 e. The molecule has 4 rings (SSSR count). The molecular weight excluding hydrogens is 400 g/mol. The summed E-state index contributed by atoms with van der Waals surface area (Å²) in [7, 11) is 1.56. The smallest absolute Gasteiger partial charge is 0.239 e. The summed E-state index contributed by atoms with van der Waals surface area (Å²) < 4.78 is 5.40. The molecule has 160 valence electrons. The van der Waals surface area contributed by atoms with Gasteiger partial charge in [0, 0.05) is 11.4 Å². The van der Waals surface area contributed by atoms with Crippen molar-refractivity contribution in [1.82, 2.24) is 4.90 Å². The molecule has 0 radical (unpaired) electrons. The number of para-hydroxylation sites is 1. The fourth-order valence-corrected chi connectivity index (χ4v) is 5.71. The van der Waals surface area contributed by atoms with Gasteiger partial charge in [0.25, 0.3) is 0 Å². The summed E-state index contributed by atoms with van der Waals surface area (Å²) in [6.45, 7) is 1.54. The molecular formula is C23H28N2O4S. The van der Waals surface area contributed by atoms with Gasteiger partial charge in [0.05, 0.1) is 30.9 Å². The molecule has 0 bridgehead atoms. The summed E-state index contributed by atoms with van der Waals surface area (Å²) in [5, 5.41) is 13.5. The second kappa shape index (κ2) is 9.29. The van der Waals surface area contributed by atoms with Gasteiger partial charge in [0.15, 0.2) is 5.78 Å². The predicted molar refractivity (Wildman–Crippen MR) is 118 cm³/mol. The van der Waals surface area contributed by atoms with Crippen molar-refractivity contribution in [2.75, 3.05) is 32.1 Å². The quantitative estimate of drug-likeness (QED) is 0.691. The van der Waals surface area contributed by atoms with E-state index in [2.05, 4.69) is 5.32 Å². The van der Waals surface area contributed by atoms with E-state index in [0.29, 0.717) is 28.4 Å². The molecule has 0 saturated carbocycles.